The lowest BCUT2D eigenvalue weighted by atomic mass is 10.1. The Kier molecular flexibility index (Phi) is 4.84. The first-order valence-corrected chi connectivity index (χ1v) is 6.32. The maximum absolute atomic E-state index is 13.3. The molecule has 110 valence electrons. The van der Waals surface area contributed by atoms with E-state index in [2.05, 4.69) is 10.6 Å². The normalized spacial score (nSPS) is 15.9. The second-order valence-electron chi connectivity index (χ2n) is 4.55. The van der Waals surface area contributed by atoms with Gasteiger partial charge in [0.2, 0.25) is 5.91 Å². The van der Waals surface area contributed by atoms with E-state index in [4.69, 9.17) is 4.74 Å². The van der Waals surface area contributed by atoms with Crippen molar-refractivity contribution in [2.75, 3.05) is 25.1 Å². The molecule has 1 aliphatic rings. The van der Waals surface area contributed by atoms with Crippen LogP contribution in [-0.4, -0.2) is 31.7 Å². The molecular formula is C13H15F3N2O2. The third-order valence-electron chi connectivity index (χ3n) is 3.02. The Labute approximate surface area is 114 Å². The van der Waals surface area contributed by atoms with E-state index in [-0.39, 0.29) is 18.5 Å². The molecule has 4 nitrogen and oxygen atoms in total. The number of anilines is 1. The molecular weight excluding hydrogens is 273 g/mol. The van der Waals surface area contributed by atoms with E-state index in [1.165, 1.54) is 0 Å². The first-order valence-electron chi connectivity index (χ1n) is 6.32. The van der Waals surface area contributed by atoms with Gasteiger partial charge in [0.05, 0.1) is 6.54 Å². The highest BCUT2D eigenvalue weighted by Crippen LogP contribution is 2.19. The van der Waals surface area contributed by atoms with Gasteiger partial charge in [0.25, 0.3) is 0 Å². The van der Waals surface area contributed by atoms with Gasteiger partial charge in [-0.15, -0.1) is 0 Å². The maximum Gasteiger partial charge on any atom is 0.239 e. The number of carbonyl (C=O) groups excluding carboxylic acids is 1. The highest BCUT2D eigenvalue weighted by molar-refractivity contribution is 5.81. The fourth-order valence-corrected chi connectivity index (χ4v) is 2.00. The smallest absolute Gasteiger partial charge is 0.239 e. The molecule has 0 spiro atoms. The number of benzene rings is 1. The molecule has 7 heteroatoms. The van der Waals surface area contributed by atoms with Crippen molar-refractivity contribution >= 4 is 11.6 Å². The Morgan fingerprint density at radius 3 is 2.40 bits per heavy atom. The van der Waals surface area contributed by atoms with Gasteiger partial charge >= 0.3 is 0 Å². The minimum Gasteiger partial charge on any atom is -0.381 e. The van der Waals surface area contributed by atoms with Crippen LogP contribution in [0.4, 0.5) is 18.9 Å². The first-order chi connectivity index (χ1) is 9.56. The lowest BCUT2D eigenvalue weighted by Crippen LogP contribution is -2.41. The fourth-order valence-electron chi connectivity index (χ4n) is 2.00. The Hall–Kier alpha value is -1.76. The summed E-state index contributed by atoms with van der Waals surface area (Å²) in [5.74, 6) is -3.51. The first kappa shape index (κ1) is 14.6. The molecule has 1 fully saturated rings. The van der Waals surface area contributed by atoms with Crippen molar-refractivity contribution in [2.24, 2.45) is 0 Å². The van der Waals surface area contributed by atoms with Crippen LogP contribution in [0.5, 0.6) is 0 Å². The highest BCUT2D eigenvalue weighted by atomic mass is 19.1. The minimum atomic E-state index is -1.07. The predicted octanol–water partition coefficient (Wildman–Crippen LogP) is 1.81. The monoisotopic (exact) mass is 288 g/mol. The Morgan fingerprint density at radius 1 is 1.20 bits per heavy atom. The van der Waals surface area contributed by atoms with E-state index in [1.54, 1.807) is 0 Å². The molecule has 0 bridgehead atoms. The van der Waals surface area contributed by atoms with Gasteiger partial charge < -0.3 is 15.4 Å². The van der Waals surface area contributed by atoms with E-state index in [0.717, 1.165) is 0 Å². The standard InChI is InChI=1S/C13H15F3N2O2/c14-8-5-10(15)13(11(16)6-8)17-7-12(19)18-9-1-3-20-4-2-9/h5-6,9,17H,1-4,7H2,(H,18,19). The van der Waals surface area contributed by atoms with Gasteiger partial charge in [0.1, 0.15) is 11.5 Å². The zero-order valence-corrected chi connectivity index (χ0v) is 10.7. The molecule has 1 heterocycles. The molecule has 0 aromatic heterocycles. The SMILES string of the molecule is O=C(CNc1c(F)cc(F)cc1F)NC1CCOCC1. The van der Waals surface area contributed by atoms with E-state index in [9.17, 15) is 18.0 Å². The number of ether oxygens (including phenoxy) is 1. The van der Waals surface area contributed by atoms with Crippen molar-refractivity contribution in [3.63, 3.8) is 0 Å². The summed E-state index contributed by atoms with van der Waals surface area (Å²) in [5.41, 5.74) is -0.506. The van der Waals surface area contributed by atoms with Crippen LogP contribution < -0.4 is 10.6 Å². The van der Waals surface area contributed by atoms with Crippen LogP contribution in [0.15, 0.2) is 12.1 Å². The average Bonchev–Trinajstić information content (AvgIpc) is 2.38. The van der Waals surface area contributed by atoms with Gasteiger partial charge in [0.15, 0.2) is 11.6 Å². The van der Waals surface area contributed by atoms with Crippen LogP contribution in [0.1, 0.15) is 12.8 Å². The Morgan fingerprint density at radius 2 is 1.80 bits per heavy atom. The third-order valence-corrected chi connectivity index (χ3v) is 3.02. The molecule has 1 aromatic rings. The lowest BCUT2D eigenvalue weighted by Gasteiger charge is -2.23. The van der Waals surface area contributed by atoms with Crippen molar-refractivity contribution in [3.05, 3.63) is 29.6 Å². The van der Waals surface area contributed by atoms with Crippen molar-refractivity contribution in [1.82, 2.24) is 5.32 Å². The summed E-state index contributed by atoms with van der Waals surface area (Å²) in [6.45, 7) is 0.885. The quantitative estimate of drug-likeness (QED) is 0.888. The number of hydrogen-bond donors (Lipinski definition) is 2. The van der Waals surface area contributed by atoms with Crippen LogP contribution >= 0.6 is 0 Å². The van der Waals surface area contributed by atoms with Crippen LogP contribution in [0.3, 0.4) is 0 Å². The Bertz CT molecular complexity index is 467. The van der Waals surface area contributed by atoms with Crippen LogP contribution in [-0.2, 0) is 9.53 Å². The highest BCUT2D eigenvalue weighted by Gasteiger charge is 2.17. The molecule has 1 saturated heterocycles. The molecule has 0 atom stereocenters. The second-order valence-corrected chi connectivity index (χ2v) is 4.55. The van der Waals surface area contributed by atoms with Crippen LogP contribution in [0, 0.1) is 17.5 Å². The second kappa shape index (κ2) is 6.60. The van der Waals surface area contributed by atoms with E-state index in [1.807, 2.05) is 0 Å². The molecule has 0 aliphatic carbocycles. The van der Waals surface area contributed by atoms with Gasteiger partial charge in [-0.2, -0.15) is 0 Å². The molecule has 1 amide bonds. The number of hydrogen-bond acceptors (Lipinski definition) is 3. The number of nitrogens with one attached hydrogen (secondary N) is 2. The summed E-state index contributed by atoms with van der Waals surface area (Å²) < 4.78 is 44.5. The summed E-state index contributed by atoms with van der Waals surface area (Å²) >= 11 is 0. The van der Waals surface area contributed by atoms with E-state index >= 15 is 0 Å². The average molecular weight is 288 g/mol. The molecule has 0 radical (unpaired) electrons. The van der Waals surface area contributed by atoms with Crippen molar-refractivity contribution < 1.29 is 22.7 Å². The van der Waals surface area contributed by atoms with Crippen LogP contribution in [0.2, 0.25) is 0 Å². The maximum atomic E-state index is 13.3. The summed E-state index contributed by atoms with van der Waals surface area (Å²) in [6.07, 6.45) is 1.43. The minimum absolute atomic E-state index is 0.0148. The molecule has 2 rings (SSSR count). The molecule has 1 aromatic carbocycles. The summed E-state index contributed by atoms with van der Waals surface area (Å²) in [6, 6.07) is 1.13. The van der Waals surface area contributed by atoms with Gasteiger partial charge in [0, 0.05) is 31.4 Å². The van der Waals surface area contributed by atoms with Crippen molar-refractivity contribution in [3.8, 4) is 0 Å². The number of halogens is 3. The van der Waals surface area contributed by atoms with Gasteiger partial charge in [-0.3, -0.25) is 4.79 Å². The largest absolute Gasteiger partial charge is 0.381 e. The summed E-state index contributed by atoms with van der Waals surface area (Å²) in [7, 11) is 0. The summed E-state index contributed by atoms with van der Waals surface area (Å²) in [5, 5.41) is 5.08. The number of amides is 1. The van der Waals surface area contributed by atoms with E-state index in [0.29, 0.717) is 38.2 Å². The molecule has 2 N–H and O–H groups in total. The van der Waals surface area contributed by atoms with Gasteiger partial charge in [-0.1, -0.05) is 0 Å². The third kappa shape index (κ3) is 3.86. The van der Waals surface area contributed by atoms with Crippen LogP contribution in [0.25, 0.3) is 0 Å². The zero-order valence-electron chi connectivity index (χ0n) is 10.7. The zero-order chi connectivity index (χ0) is 14.5. The number of carbonyl (C=O) groups is 1. The summed E-state index contributed by atoms with van der Waals surface area (Å²) in [4.78, 5) is 11.6. The lowest BCUT2D eigenvalue weighted by molar-refractivity contribution is -0.120. The Balaban J connectivity index is 1.87. The van der Waals surface area contributed by atoms with E-state index < -0.39 is 23.1 Å². The van der Waals surface area contributed by atoms with Crippen molar-refractivity contribution in [2.45, 2.75) is 18.9 Å². The molecule has 1 aliphatic heterocycles. The molecule has 0 saturated carbocycles. The number of rotatable bonds is 4. The predicted molar refractivity (Wildman–Crippen MR) is 66.8 cm³/mol. The van der Waals surface area contributed by atoms with Gasteiger partial charge in [-0.25, -0.2) is 13.2 Å². The molecule has 20 heavy (non-hydrogen) atoms. The topological polar surface area (TPSA) is 50.4 Å². The van der Waals surface area contributed by atoms with Crippen molar-refractivity contribution in [1.29, 1.82) is 0 Å². The van der Waals surface area contributed by atoms with Gasteiger partial charge in [-0.05, 0) is 12.8 Å². The molecule has 0 unspecified atom stereocenters. The fraction of sp³-hybridized carbons (Fsp3) is 0.462.